The quantitative estimate of drug-likeness (QED) is 0.691. The smallest absolute Gasteiger partial charge is 0.306 e. The van der Waals surface area contributed by atoms with Crippen molar-refractivity contribution in [2.24, 2.45) is 5.92 Å². The maximum absolute atomic E-state index is 11.1. The normalized spacial score (nSPS) is 15.9. The SMILES string of the molecule is O=C(O)C1CCN(c2ccc([N+](=O)[O-])c3cnccc23)CC1. The zero-order valence-corrected chi connectivity index (χ0v) is 11.8. The van der Waals surface area contributed by atoms with Crippen molar-refractivity contribution >= 4 is 28.1 Å². The van der Waals surface area contributed by atoms with E-state index in [9.17, 15) is 14.9 Å². The number of carbonyl (C=O) groups is 1. The van der Waals surface area contributed by atoms with E-state index in [0.29, 0.717) is 31.3 Å². The molecular weight excluding hydrogens is 286 g/mol. The molecule has 1 aliphatic rings. The van der Waals surface area contributed by atoms with Gasteiger partial charge in [0.2, 0.25) is 0 Å². The summed E-state index contributed by atoms with van der Waals surface area (Å²) in [5.41, 5.74) is 0.930. The van der Waals surface area contributed by atoms with Gasteiger partial charge in [-0.15, -0.1) is 0 Å². The molecular formula is C15H15N3O4. The van der Waals surface area contributed by atoms with Gasteiger partial charge in [-0.2, -0.15) is 0 Å². The predicted octanol–water partition coefficient (Wildman–Crippen LogP) is 2.44. The molecule has 0 saturated carbocycles. The van der Waals surface area contributed by atoms with Crippen molar-refractivity contribution in [2.45, 2.75) is 12.8 Å². The molecule has 1 aromatic heterocycles. The van der Waals surface area contributed by atoms with E-state index in [2.05, 4.69) is 9.88 Å². The van der Waals surface area contributed by atoms with Crippen LogP contribution in [0.2, 0.25) is 0 Å². The Bertz CT molecular complexity index is 739. The van der Waals surface area contributed by atoms with Crippen molar-refractivity contribution in [3.8, 4) is 0 Å². The molecule has 0 aliphatic carbocycles. The minimum atomic E-state index is -0.752. The Hall–Kier alpha value is -2.70. The van der Waals surface area contributed by atoms with Crippen LogP contribution in [0, 0.1) is 16.0 Å². The fourth-order valence-electron chi connectivity index (χ4n) is 2.96. The van der Waals surface area contributed by atoms with Crippen LogP contribution in [0.5, 0.6) is 0 Å². The lowest BCUT2D eigenvalue weighted by Crippen LogP contribution is -2.36. The van der Waals surface area contributed by atoms with Crippen LogP contribution in [0.4, 0.5) is 11.4 Å². The second-order valence-corrected chi connectivity index (χ2v) is 5.38. The van der Waals surface area contributed by atoms with Crippen LogP contribution in [0.3, 0.4) is 0 Å². The fourth-order valence-corrected chi connectivity index (χ4v) is 2.96. The number of nitro benzene ring substituents is 1. The summed E-state index contributed by atoms with van der Waals surface area (Å²) in [4.78, 5) is 27.8. The lowest BCUT2D eigenvalue weighted by molar-refractivity contribution is -0.383. The third-order valence-electron chi connectivity index (χ3n) is 4.15. The van der Waals surface area contributed by atoms with Crippen molar-refractivity contribution in [3.05, 3.63) is 40.7 Å². The predicted molar refractivity (Wildman–Crippen MR) is 81.0 cm³/mol. The average molecular weight is 301 g/mol. The summed E-state index contributed by atoms with van der Waals surface area (Å²) in [6.45, 7) is 1.26. The first-order valence-corrected chi connectivity index (χ1v) is 7.07. The van der Waals surface area contributed by atoms with Gasteiger partial charge in [-0.1, -0.05) is 0 Å². The van der Waals surface area contributed by atoms with Gasteiger partial charge in [-0.05, 0) is 25.0 Å². The maximum atomic E-state index is 11.1. The number of anilines is 1. The number of nitrogens with zero attached hydrogens (tertiary/aromatic N) is 3. The third-order valence-corrected chi connectivity index (χ3v) is 4.15. The second kappa shape index (κ2) is 5.59. The van der Waals surface area contributed by atoms with Gasteiger partial charge in [0.15, 0.2) is 0 Å². The Labute approximate surface area is 126 Å². The molecule has 1 N–H and O–H groups in total. The summed E-state index contributed by atoms with van der Waals surface area (Å²) in [5, 5.41) is 21.5. The van der Waals surface area contributed by atoms with Gasteiger partial charge in [0, 0.05) is 42.6 Å². The maximum Gasteiger partial charge on any atom is 0.306 e. The molecule has 3 rings (SSSR count). The number of aliphatic carboxylic acids is 1. The van der Waals surface area contributed by atoms with E-state index >= 15 is 0 Å². The number of hydrogen-bond acceptors (Lipinski definition) is 5. The van der Waals surface area contributed by atoms with Crippen LogP contribution in [0.1, 0.15) is 12.8 Å². The first kappa shape index (κ1) is 14.2. The topological polar surface area (TPSA) is 96.6 Å². The zero-order valence-electron chi connectivity index (χ0n) is 11.8. The van der Waals surface area contributed by atoms with Crippen molar-refractivity contribution in [2.75, 3.05) is 18.0 Å². The van der Waals surface area contributed by atoms with E-state index in [0.717, 1.165) is 11.1 Å². The van der Waals surface area contributed by atoms with Gasteiger partial charge in [-0.3, -0.25) is 19.9 Å². The van der Waals surface area contributed by atoms with Crippen molar-refractivity contribution in [1.29, 1.82) is 0 Å². The number of hydrogen-bond donors (Lipinski definition) is 1. The number of benzene rings is 1. The highest BCUT2D eigenvalue weighted by atomic mass is 16.6. The Morgan fingerprint density at radius 2 is 2.00 bits per heavy atom. The largest absolute Gasteiger partial charge is 0.481 e. The van der Waals surface area contributed by atoms with Gasteiger partial charge in [-0.25, -0.2) is 0 Å². The lowest BCUT2D eigenvalue weighted by Gasteiger charge is -2.32. The van der Waals surface area contributed by atoms with E-state index in [-0.39, 0.29) is 11.6 Å². The molecule has 2 aromatic rings. The molecule has 2 heterocycles. The van der Waals surface area contributed by atoms with Crippen LogP contribution < -0.4 is 4.90 Å². The van der Waals surface area contributed by atoms with E-state index in [1.165, 1.54) is 12.3 Å². The van der Waals surface area contributed by atoms with E-state index in [1.54, 1.807) is 18.3 Å². The highest BCUT2D eigenvalue weighted by molar-refractivity contribution is 5.99. The Morgan fingerprint density at radius 3 is 2.64 bits per heavy atom. The summed E-state index contributed by atoms with van der Waals surface area (Å²) in [6.07, 6.45) is 4.28. The molecule has 0 amide bonds. The van der Waals surface area contributed by atoms with Crippen LogP contribution in [0.15, 0.2) is 30.6 Å². The minimum Gasteiger partial charge on any atom is -0.481 e. The summed E-state index contributed by atoms with van der Waals surface area (Å²) in [5.74, 6) is -1.06. The second-order valence-electron chi connectivity index (χ2n) is 5.38. The van der Waals surface area contributed by atoms with Crippen LogP contribution >= 0.6 is 0 Å². The van der Waals surface area contributed by atoms with Gasteiger partial charge < -0.3 is 10.0 Å². The number of carboxylic acids is 1. The molecule has 22 heavy (non-hydrogen) atoms. The monoisotopic (exact) mass is 301 g/mol. The highest BCUT2D eigenvalue weighted by Crippen LogP contribution is 2.34. The van der Waals surface area contributed by atoms with E-state index in [4.69, 9.17) is 5.11 Å². The standard InChI is InChI=1S/C15H15N3O4/c19-15(20)10-4-7-17(8-5-10)13-1-2-14(18(21)22)12-9-16-6-3-11(12)13/h1-3,6,9-10H,4-5,7-8H2,(H,19,20). The molecule has 7 nitrogen and oxygen atoms in total. The highest BCUT2D eigenvalue weighted by Gasteiger charge is 2.26. The Balaban J connectivity index is 1.97. The lowest BCUT2D eigenvalue weighted by atomic mass is 9.96. The van der Waals surface area contributed by atoms with Crippen molar-refractivity contribution in [1.82, 2.24) is 4.98 Å². The first-order valence-electron chi connectivity index (χ1n) is 7.07. The van der Waals surface area contributed by atoms with Gasteiger partial charge in [0.25, 0.3) is 5.69 Å². The van der Waals surface area contributed by atoms with Crippen molar-refractivity contribution in [3.63, 3.8) is 0 Å². The molecule has 7 heteroatoms. The number of rotatable bonds is 3. The molecule has 0 atom stereocenters. The van der Waals surface area contributed by atoms with Crippen LogP contribution in [-0.4, -0.2) is 34.1 Å². The number of non-ortho nitro benzene ring substituents is 1. The number of fused-ring (bicyclic) bond motifs is 1. The summed E-state index contributed by atoms with van der Waals surface area (Å²) >= 11 is 0. The Morgan fingerprint density at radius 1 is 1.27 bits per heavy atom. The van der Waals surface area contributed by atoms with Gasteiger partial charge in [0.05, 0.1) is 16.2 Å². The molecule has 0 unspecified atom stereocenters. The van der Waals surface area contributed by atoms with Crippen LogP contribution in [0.25, 0.3) is 10.8 Å². The zero-order chi connectivity index (χ0) is 15.7. The average Bonchev–Trinajstić information content (AvgIpc) is 2.53. The first-order chi connectivity index (χ1) is 10.6. The number of nitro groups is 1. The molecule has 0 bridgehead atoms. The summed E-state index contributed by atoms with van der Waals surface area (Å²) in [7, 11) is 0. The van der Waals surface area contributed by atoms with Crippen molar-refractivity contribution < 1.29 is 14.8 Å². The molecule has 1 fully saturated rings. The summed E-state index contributed by atoms with van der Waals surface area (Å²) in [6, 6.07) is 4.99. The van der Waals surface area contributed by atoms with E-state index in [1.807, 2.05) is 0 Å². The molecule has 114 valence electrons. The van der Waals surface area contributed by atoms with Crippen LogP contribution in [-0.2, 0) is 4.79 Å². The number of pyridine rings is 1. The molecule has 1 saturated heterocycles. The molecule has 0 radical (unpaired) electrons. The van der Waals surface area contributed by atoms with E-state index < -0.39 is 10.9 Å². The van der Waals surface area contributed by atoms with Gasteiger partial charge >= 0.3 is 5.97 Å². The Kier molecular flexibility index (Phi) is 3.62. The summed E-state index contributed by atoms with van der Waals surface area (Å²) < 4.78 is 0. The molecule has 1 aromatic carbocycles. The number of aromatic nitrogens is 1. The fraction of sp³-hybridized carbons (Fsp3) is 0.333. The molecule has 1 aliphatic heterocycles. The molecule has 0 spiro atoms. The third kappa shape index (κ3) is 2.45. The number of carboxylic acid groups (broad SMARTS) is 1. The van der Waals surface area contributed by atoms with Gasteiger partial charge in [0.1, 0.15) is 0 Å². The number of piperidine rings is 1. The minimum absolute atomic E-state index is 0.0345.